The lowest BCUT2D eigenvalue weighted by Gasteiger charge is -2.11. The molecule has 3 rings (SSSR count). The first kappa shape index (κ1) is 16.3. The maximum Gasteiger partial charge on any atom is 0.277 e. The molecular weight excluding hydrogens is 324 g/mol. The second kappa shape index (κ2) is 6.13. The quantitative estimate of drug-likeness (QED) is 0.865. The normalized spacial score (nSPS) is 14.6. The van der Waals surface area contributed by atoms with Gasteiger partial charge in [0.1, 0.15) is 5.70 Å². The van der Waals surface area contributed by atoms with Crippen LogP contribution in [0.25, 0.3) is 5.57 Å². The SMILES string of the molecule is Cc1ccc(C2=C(Nc3ccc(Cl)cc3C)C(=O)N(C)C2=O)cc1. The predicted molar refractivity (Wildman–Crippen MR) is 95.7 cm³/mol. The van der Waals surface area contributed by atoms with Crippen LogP contribution in [0.4, 0.5) is 5.69 Å². The first-order chi connectivity index (χ1) is 11.4. The molecule has 2 aromatic carbocycles. The number of aryl methyl sites for hydroxylation is 2. The fraction of sp³-hybridized carbons (Fsp3) is 0.158. The Morgan fingerprint density at radius 2 is 1.62 bits per heavy atom. The summed E-state index contributed by atoms with van der Waals surface area (Å²) in [5.41, 5.74) is 4.13. The highest BCUT2D eigenvalue weighted by molar-refractivity contribution is 6.36. The molecule has 0 saturated heterocycles. The van der Waals surface area contributed by atoms with Crippen LogP contribution >= 0.6 is 11.6 Å². The zero-order valence-electron chi connectivity index (χ0n) is 13.7. The molecule has 0 atom stereocenters. The topological polar surface area (TPSA) is 49.4 Å². The maximum absolute atomic E-state index is 12.5. The third-order valence-corrected chi connectivity index (χ3v) is 4.31. The van der Waals surface area contributed by atoms with Crippen LogP contribution in [0.2, 0.25) is 5.02 Å². The summed E-state index contributed by atoms with van der Waals surface area (Å²) in [5, 5.41) is 3.74. The van der Waals surface area contributed by atoms with Gasteiger partial charge in [0.05, 0.1) is 5.57 Å². The molecule has 4 nitrogen and oxygen atoms in total. The molecule has 1 aliphatic heterocycles. The van der Waals surface area contributed by atoms with E-state index in [1.165, 1.54) is 7.05 Å². The fourth-order valence-electron chi connectivity index (χ4n) is 2.65. The molecule has 5 heteroatoms. The number of carbonyl (C=O) groups is 2. The number of halogens is 1. The van der Waals surface area contributed by atoms with E-state index in [9.17, 15) is 9.59 Å². The number of imide groups is 1. The van der Waals surface area contributed by atoms with Gasteiger partial charge in [-0.3, -0.25) is 14.5 Å². The van der Waals surface area contributed by atoms with Gasteiger partial charge < -0.3 is 5.32 Å². The van der Waals surface area contributed by atoms with Crippen molar-refractivity contribution in [2.75, 3.05) is 12.4 Å². The van der Waals surface area contributed by atoms with Crippen LogP contribution in [-0.2, 0) is 9.59 Å². The van der Waals surface area contributed by atoms with E-state index >= 15 is 0 Å². The highest BCUT2D eigenvalue weighted by atomic mass is 35.5. The van der Waals surface area contributed by atoms with E-state index in [4.69, 9.17) is 11.6 Å². The van der Waals surface area contributed by atoms with Crippen LogP contribution in [0, 0.1) is 13.8 Å². The summed E-state index contributed by atoms with van der Waals surface area (Å²) in [5.74, 6) is -0.650. The number of anilines is 1. The van der Waals surface area contributed by atoms with Crippen molar-refractivity contribution < 1.29 is 9.59 Å². The molecule has 24 heavy (non-hydrogen) atoms. The second-order valence-corrected chi connectivity index (χ2v) is 6.31. The van der Waals surface area contributed by atoms with Crippen LogP contribution in [-0.4, -0.2) is 23.8 Å². The minimum absolute atomic E-state index is 0.289. The first-order valence-electron chi connectivity index (χ1n) is 7.55. The summed E-state index contributed by atoms with van der Waals surface area (Å²) < 4.78 is 0. The highest BCUT2D eigenvalue weighted by Gasteiger charge is 2.36. The van der Waals surface area contributed by atoms with Crippen LogP contribution in [0.5, 0.6) is 0 Å². The third kappa shape index (κ3) is 2.81. The molecule has 0 fully saturated rings. The van der Waals surface area contributed by atoms with Gasteiger partial charge in [0.15, 0.2) is 0 Å². The van der Waals surface area contributed by atoms with Gasteiger partial charge in [0.25, 0.3) is 11.8 Å². The lowest BCUT2D eigenvalue weighted by Crippen LogP contribution is -2.28. The number of likely N-dealkylation sites (N-methyl/N-ethyl adjacent to an activating group) is 1. The largest absolute Gasteiger partial charge is 0.350 e. The van der Waals surface area contributed by atoms with E-state index in [0.717, 1.165) is 27.3 Å². The number of rotatable bonds is 3. The van der Waals surface area contributed by atoms with Crippen LogP contribution in [0.1, 0.15) is 16.7 Å². The van der Waals surface area contributed by atoms with Crippen molar-refractivity contribution in [3.63, 3.8) is 0 Å². The van der Waals surface area contributed by atoms with Crippen LogP contribution in [0.3, 0.4) is 0 Å². The third-order valence-electron chi connectivity index (χ3n) is 4.08. The summed E-state index contributed by atoms with van der Waals surface area (Å²) in [4.78, 5) is 26.2. The molecule has 2 aromatic rings. The standard InChI is InChI=1S/C19H17ClN2O2/c1-11-4-6-13(7-5-11)16-17(19(24)22(3)18(16)23)21-15-9-8-14(20)10-12(15)2/h4-10,21H,1-3H3. The number of carbonyl (C=O) groups excluding carboxylic acids is 2. The molecule has 0 unspecified atom stereocenters. The van der Waals surface area contributed by atoms with E-state index < -0.39 is 0 Å². The Morgan fingerprint density at radius 3 is 2.25 bits per heavy atom. The fourth-order valence-corrected chi connectivity index (χ4v) is 2.87. The Balaban J connectivity index is 2.10. The highest BCUT2D eigenvalue weighted by Crippen LogP contribution is 2.31. The average molecular weight is 341 g/mol. The van der Waals surface area contributed by atoms with Crippen molar-refractivity contribution in [3.8, 4) is 0 Å². The van der Waals surface area contributed by atoms with Gasteiger partial charge in [-0.15, -0.1) is 0 Å². The monoisotopic (exact) mass is 340 g/mol. The van der Waals surface area contributed by atoms with E-state index in [-0.39, 0.29) is 17.5 Å². The Hall–Kier alpha value is -2.59. The summed E-state index contributed by atoms with van der Waals surface area (Å²) in [7, 11) is 1.49. The van der Waals surface area contributed by atoms with Gasteiger partial charge in [-0.05, 0) is 43.2 Å². The Labute approximate surface area is 145 Å². The van der Waals surface area contributed by atoms with Gasteiger partial charge in [0, 0.05) is 17.8 Å². The number of nitrogens with zero attached hydrogens (tertiary/aromatic N) is 1. The summed E-state index contributed by atoms with van der Waals surface area (Å²) in [6.07, 6.45) is 0. The lowest BCUT2D eigenvalue weighted by atomic mass is 10.0. The van der Waals surface area contributed by atoms with E-state index in [1.807, 2.05) is 38.1 Å². The molecule has 2 amide bonds. The van der Waals surface area contributed by atoms with Gasteiger partial charge in [0.2, 0.25) is 0 Å². The molecule has 122 valence electrons. The second-order valence-electron chi connectivity index (χ2n) is 5.87. The van der Waals surface area contributed by atoms with Crippen LogP contribution in [0.15, 0.2) is 48.2 Å². The van der Waals surface area contributed by atoms with Gasteiger partial charge >= 0.3 is 0 Å². The molecule has 0 radical (unpaired) electrons. The molecule has 0 aromatic heterocycles. The molecule has 1 N–H and O–H groups in total. The summed E-state index contributed by atoms with van der Waals surface area (Å²) >= 11 is 5.98. The minimum atomic E-state index is -0.343. The number of hydrogen-bond donors (Lipinski definition) is 1. The van der Waals surface area contributed by atoms with Gasteiger partial charge in [-0.2, -0.15) is 0 Å². The van der Waals surface area contributed by atoms with Crippen molar-refractivity contribution in [3.05, 3.63) is 69.9 Å². The Morgan fingerprint density at radius 1 is 0.958 bits per heavy atom. The van der Waals surface area contributed by atoms with Crippen molar-refractivity contribution >= 4 is 34.7 Å². The Bertz CT molecular complexity index is 869. The minimum Gasteiger partial charge on any atom is -0.350 e. The molecule has 1 heterocycles. The van der Waals surface area contributed by atoms with Gasteiger partial charge in [-0.25, -0.2) is 0 Å². The molecule has 1 aliphatic rings. The van der Waals surface area contributed by atoms with Gasteiger partial charge in [-0.1, -0.05) is 41.4 Å². The van der Waals surface area contributed by atoms with E-state index in [0.29, 0.717) is 10.6 Å². The zero-order valence-corrected chi connectivity index (χ0v) is 14.4. The maximum atomic E-state index is 12.5. The predicted octanol–water partition coefficient (Wildman–Crippen LogP) is 3.78. The molecule has 0 bridgehead atoms. The summed E-state index contributed by atoms with van der Waals surface area (Å²) in [6.45, 7) is 3.87. The number of amides is 2. The van der Waals surface area contributed by atoms with Crippen LogP contribution < -0.4 is 5.32 Å². The zero-order chi connectivity index (χ0) is 17.4. The number of nitrogens with one attached hydrogen (secondary N) is 1. The van der Waals surface area contributed by atoms with Crippen molar-refractivity contribution in [2.45, 2.75) is 13.8 Å². The molecular formula is C19H17ClN2O2. The van der Waals surface area contributed by atoms with Crippen molar-refractivity contribution in [1.29, 1.82) is 0 Å². The number of benzene rings is 2. The molecule has 0 spiro atoms. The number of hydrogen-bond acceptors (Lipinski definition) is 3. The van der Waals surface area contributed by atoms with E-state index in [1.54, 1.807) is 18.2 Å². The first-order valence-corrected chi connectivity index (χ1v) is 7.93. The van der Waals surface area contributed by atoms with Crippen molar-refractivity contribution in [1.82, 2.24) is 4.90 Å². The summed E-state index contributed by atoms with van der Waals surface area (Å²) in [6, 6.07) is 12.9. The smallest absolute Gasteiger partial charge is 0.277 e. The lowest BCUT2D eigenvalue weighted by molar-refractivity contribution is -0.135. The average Bonchev–Trinajstić information content (AvgIpc) is 2.75. The van der Waals surface area contributed by atoms with Crippen molar-refractivity contribution in [2.24, 2.45) is 0 Å². The molecule has 0 aliphatic carbocycles. The Kier molecular flexibility index (Phi) is 4.16. The molecule has 0 saturated carbocycles. The van der Waals surface area contributed by atoms with E-state index in [2.05, 4.69) is 5.32 Å².